The quantitative estimate of drug-likeness (QED) is 0.227. The van der Waals surface area contributed by atoms with Crippen LogP contribution in [0.1, 0.15) is 36.6 Å². The summed E-state index contributed by atoms with van der Waals surface area (Å²) < 4.78 is 5.88. The fourth-order valence-electron chi connectivity index (χ4n) is 4.65. The second-order valence-corrected chi connectivity index (χ2v) is 10.8. The highest BCUT2D eigenvalue weighted by atomic mass is 16.5. The second-order valence-electron chi connectivity index (χ2n) is 10.8. The summed E-state index contributed by atoms with van der Waals surface area (Å²) in [7, 11) is 7.78. The van der Waals surface area contributed by atoms with Crippen molar-refractivity contribution in [3.05, 3.63) is 89.0 Å². The van der Waals surface area contributed by atoms with E-state index in [9.17, 15) is 14.7 Å². The number of ether oxygens (including phenoxy) is 1. The van der Waals surface area contributed by atoms with Crippen molar-refractivity contribution in [3.63, 3.8) is 0 Å². The zero-order chi connectivity index (χ0) is 28.4. The third kappa shape index (κ3) is 5.62. The summed E-state index contributed by atoms with van der Waals surface area (Å²) in [6.45, 7) is 6.63. The number of benzene rings is 3. The molecule has 0 aliphatic carbocycles. The molecular formula is C32H37N3O4. The van der Waals surface area contributed by atoms with Crippen molar-refractivity contribution < 1.29 is 19.4 Å². The number of rotatable bonds is 8. The van der Waals surface area contributed by atoms with Crippen LogP contribution in [0.2, 0.25) is 0 Å². The van der Waals surface area contributed by atoms with Gasteiger partial charge >= 0.3 is 0 Å². The second kappa shape index (κ2) is 11.2. The number of amides is 1. The lowest BCUT2D eigenvalue weighted by Gasteiger charge is -2.26. The molecule has 204 valence electrons. The Morgan fingerprint density at radius 1 is 0.897 bits per heavy atom. The van der Waals surface area contributed by atoms with E-state index in [1.54, 1.807) is 18.2 Å². The molecule has 0 aromatic heterocycles. The molecule has 1 fully saturated rings. The van der Waals surface area contributed by atoms with Gasteiger partial charge in [-0.3, -0.25) is 14.5 Å². The maximum atomic E-state index is 13.5. The van der Waals surface area contributed by atoms with E-state index in [1.807, 2.05) is 93.4 Å². The average Bonchev–Trinajstić information content (AvgIpc) is 3.17. The molecule has 1 aliphatic heterocycles. The van der Waals surface area contributed by atoms with Crippen LogP contribution in [-0.4, -0.2) is 51.6 Å². The average molecular weight is 528 g/mol. The Bertz CT molecular complexity index is 1390. The van der Waals surface area contributed by atoms with Crippen molar-refractivity contribution in [1.29, 1.82) is 0 Å². The number of anilines is 3. The lowest BCUT2D eigenvalue weighted by Crippen LogP contribution is -2.29. The van der Waals surface area contributed by atoms with E-state index in [0.29, 0.717) is 23.8 Å². The SMILES string of the molecule is Cc1cc(/C(O)=C2/C(=O)C(=O)N(c3ccc(N(C)C)cc3)C2c2ccc(N(C)C)cc2)ccc1OCC(C)C. The molecule has 1 heterocycles. The number of hydrogen-bond acceptors (Lipinski definition) is 6. The molecule has 1 saturated heterocycles. The van der Waals surface area contributed by atoms with Gasteiger partial charge in [0.2, 0.25) is 0 Å². The Labute approximate surface area is 230 Å². The monoisotopic (exact) mass is 527 g/mol. The first kappa shape index (κ1) is 27.8. The van der Waals surface area contributed by atoms with E-state index in [2.05, 4.69) is 13.8 Å². The Kier molecular flexibility index (Phi) is 8.00. The molecule has 3 aromatic rings. The highest BCUT2D eigenvalue weighted by molar-refractivity contribution is 6.51. The van der Waals surface area contributed by atoms with Crippen molar-refractivity contribution in [2.45, 2.75) is 26.8 Å². The minimum Gasteiger partial charge on any atom is -0.507 e. The van der Waals surface area contributed by atoms with Gasteiger partial charge < -0.3 is 19.6 Å². The summed E-state index contributed by atoms with van der Waals surface area (Å²) in [4.78, 5) is 32.4. The summed E-state index contributed by atoms with van der Waals surface area (Å²) in [5, 5.41) is 11.5. The van der Waals surface area contributed by atoms with Gasteiger partial charge in [-0.15, -0.1) is 0 Å². The molecule has 39 heavy (non-hydrogen) atoms. The molecule has 1 amide bonds. The van der Waals surface area contributed by atoms with E-state index >= 15 is 0 Å². The fourth-order valence-corrected chi connectivity index (χ4v) is 4.65. The van der Waals surface area contributed by atoms with E-state index < -0.39 is 17.7 Å². The first-order chi connectivity index (χ1) is 18.5. The van der Waals surface area contributed by atoms with Gasteiger partial charge in [0.25, 0.3) is 11.7 Å². The van der Waals surface area contributed by atoms with Crippen LogP contribution in [-0.2, 0) is 9.59 Å². The van der Waals surface area contributed by atoms with Crippen molar-refractivity contribution in [2.75, 3.05) is 49.5 Å². The van der Waals surface area contributed by atoms with Gasteiger partial charge in [0, 0.05) is 50.8 Å². The van der Waals surface area contributed by atoms with E-state index in [-0.39, 0.29) is 11.3 Å². The van der Waals surface area contributed by atoms with E-state index in [1.165, 1.54) is 4.90 Å². The van der Waals surface area contributed by atoms with Gasteiger partial charge in [-0.2, -0.15) is 0 Å². The van der Waals surface area contributed by atoms with Crippen LogP contribution in [0, 0.1) is 12.8 Å². The smallest absolute Gasteiger partial charge is 0.300 e. The van der Waals surface area contributed by atoms with E-state index in [0.717, 1.165) is 28.3 Å². The normalized spacial score (nSPS) is 16.6. The minimum absolute atomic E-state index is 0.0598. The standard InChI is InChI=1S/C32H37N3O4/c1-20(2)19-39-27-17-10-23(18-21(27)3)30(36)28-29(22-8-11-24(12-9-22)33(4)5)35(32(38)31(28)37)26-15-13-25(14-16-26)34(6)7/h8-18,20,29,36H,19H2,1-7H3/b30-28-. The number of aliphatic hydroxyl groups excluding tert-OH is 1. The topological polar surface area (TPSA) is 73.3 Å². The Hall–Kier alpha value is -4.26. The van der Waals surface area contributed by atoms with Gasteiger partial charge in [0.15, 0.2) is 0 Å². The molecule has 7 heteroatoms. The van der Waals surface area contributed by atoms with Crippen LogP contribution in [0.3, 0.4) is 0 Å². The van der Waals surface area contributed by atoms with Gasteiger partial charge in [-0.05, 0) is 78.6 Å². The predicted octanol–water partition coefficient (Wildman–Crippen LogP) is 5.79. The lowest BCUT2D eigenvalue weighted by molar-refractivity contribution is -0.132. The highest BCUT2D eigenvalue weighted by Gasteiger charge is 2.47. The van der Waals surface area contributed by atoms with Crippen LogP contribution in [0.25, 0.3) is 5.76 Å². The highest BCUT2D eigenvalue weighted by Crippen LogP contribution is 2.43. The van der Waals surface area contributed by atoms with Crippen LogP contribution >= 0.6 is 0 Å². The molecule has 1 unspecified atom stereocenters. The minimum atomic E-state index is -0.788. The van der Waals surface area contributed by atoms with Crippen molar-refractivity contribution in [2.24, 2.45) is 5.92 Å². The molecular weight excluding hydrogens is 490 g/mol. The first-order valence-corrected chi connectivity index (χ1v) is 13.1. The number of ketones is 1. The van der Waals surface area contributed by atoms with Gasteiger partial charge in [0.1, 0.15) is 11.5 Å². The maximum Gasteiger partial charge on any atom is 0.300 e. The molecule has 1 aliphatic rings. The molecule has 3 aromatic carbocycles. The number of carbonyl (C=O) groups excluding carboxylic acids is 2. The van der Waals surface area contributed by atoms with Crippen LogP contribution in [0.4, 0.5) is 17.1 Å². The molecule has 0 saturated carbocycles. The van der Waals surface area contributed by atoms with Crippen LogP contribution in [0.5, 0.6) is 5.75 Å². The summed E-state index contributed by atoms with van der Waals surface area (Å²) in [6, 6.07) is 19.7. The number of carbonyl (C=O) groups is 2. The number of aliphatic hydroxyl groups is 1. The zero-order valence-corrected chi connectivity index (χ0v) is 23.7. The molecule has 0 spiro atoms. The van der Waals surface area contributed by atoms with Crippen molar-refractivity contribution >= 4 is 34.5 Å². The number of hydrogen-bond donors (Lipinski definition) is 1. The third-order valence-electron chi connectivity index (χ3n) is 6.83. The summed E-state index contributed by atoms with van der Waals surface area (Å²) in [5.41, 5.74) is 4.62. The Morgan fingerprint density at radius 2 is 1.46 bits per heavy atom. The number of nitrogens with zero attached hydrogens (tertiary/aromatic N) is 3. The van der Waals surface area contributed by atoms with Crippen molar-refractivity contribution in [1.82, 2.24) is 0 Å². The lowest BCUT2D eigenvalue weighted by atomic mass is 9.94. The summed E-state index contributed by atoms with van der Waals surface area (Å²) >= 11 is 0. The molecule has 4 rings (SSSR count). The Balaban J connectivity index is 1.84. The molecule has 0 radical (unpaired) electrons. The van der Waals surface area contributed by atoms with Crippen LogP contribution < -0.4 is 19.4 Å². The van der Waals surface area contributed by atoms with Gasteiger partial charge in [0.05, 0.1) is 18.2 Å². The molecule has 1 atom stereocenters. The molecule has 1 N–H and O–H groups in total. The summed E-state index contributed by atoms with van der Waals surface area (Å²) in [5.74, 6) is -0.509. The van der Waals surface area contributed by atoms with Crippen LogP contribution in [0.15, 0.2) is 72.3 Å². The first-order valence-electron chi connectivity index (χ1n) is 13.1. The van der Waals surface area contributed by atoms with Gasteiger partial charge in [-0.1, -0.05) is 26.0 Å². The molecule has 0 bridgehead atoms. The zero-order valence-electron chi connectivity index (χ0n) is 23.7. The third-order valence-corrected chi connectivity index (χ3v) is 6.83. The van der Waals surface area contributed by atoms with E-state index in [4.69, 9.17) is 4.74 Å². The predicted molar refractivity (Wildman–Crippen MR) is 158 cm³/mol. The number of aryl methyl sites for hydroxylation is 1. The largest absolute Gasteiger partial charge is 0.507 e. The molecule has 7 nitrogen and oxygen atoms in total. The van der Waals surface area contributed by atoms with Gasteiger partial charge in [-0.25, -0.2) is 0 Å². The Morgan fingerprint density at radius 3 is 1.97 bits per heavy atom. The fraction of sp³-hybridized carbons (Fsp3) is 0.312. The van der Waals surface area contributed by atoms with Crippen molar-refractivity contribution in [3.8, 4) is 5.75 Å². The maximum absolute atomic E-state index is 13.5. The number of Topliss-reactive ketones (excluding diaryl/α,β-unsaturated/α-hetero) is 1. The summed E-state index contributed by atoms with van der Waals surface area (Å²) in [6.07, 6.45) is 0.